The van der Waals surface area contributed by atoms with Gasteiger partial charge in [-0.1, -0.05) is 38.3 Å². The minimum absolute atomic E-state index is 0.203. The summed E-state index contributed by atoms with van der Waals surface area (Å²) in [5.41, 5.74) is 3.32. The summed E-state index contributed by atoms with van der Waals surface area (Å²) in [6.07, 6.45) is 6.05. The summed E-state index contributed by atoms with van der Waals surface area (Å²) in [5, 5.41) is 0. The molecule has 1 aromatic rings. The Morgan fingerprint density at radius 2 is 2.00 bits per heavy atom. The van der Waals surface area contributed by atoms with E-state index >= 15 is 0 Å². The van der Waals surface area contributed by atoms with Gasteiger partial charge in [-0.25, -0.2) is 0 Å². The van der Waals surface area contributed by atoms with E-state index in [4.69, 9.17) is 17.4 Å². The zero-order chi connectivity index (χ0) is 14.6. The molecule has 0 radical (unpaired) electrons. The molecule has 20 heavy (non-hydrogen) atoms. The van der Waals surface area contributed by atoms with Crippen molar-refractivity contribution in [3.05, 3.63) is 21.3 Å². The van der Waals surface area contributed by atoms with Gasteiger partial charge >= 0.3 is 0 Å². The third-order valence-electron chi connectivity index (χ3n) is 4.75. The highest BCUT2D eigenvalue weighted by molar-refractivity contribution is 7.16. The maximum absolute atomic E-state index is 6.05. The molecule has 2 rings (SSSR count). The monoisotopic (exact) mass is 315 g/mol. The fraction of sp³-hybridized carbons (Fsp3) is 0.733. The normalized spacial score (nSPS) is 19.6. The maximum atomic E-state index is 6.05. The molecule has 3 nitrogen and oxygen atoms in total. The van der Waals surface area contributed by atoms with E-state index in [9.17, 15) is 0 Å². The van der Waals surface area contributed by atoms with Crippen LogP contribution < -0.4 is 11.3 Å². The molecule has 3 N–H and O–H groups in total. The average Bonchev–Trinajstić information content (AvgIpc) is 3.07. The third-order valence-corrected chi connectivity index (χ3v) is 6.00. The van der Waals surface area contributed by atoms with E-state index in [0.717, 1.165) is 23.8 Å². The standard InChI is InChI=1S/C15H26ClN3S/c1-3-19(4-2)15(9-5-6-10-15)13(18-17)11-12-7-8-14(16)20-12/h7-8,13,18H,3-6,9-11,17H2,1-2H3. The molecule has 0 aromatic carbocycles. The van der Waals surface area contributed by atoms with E-state index in [0.29, 0.717) is 6.04 Å². The van der Waals surface area contributed by atoms with Crippen LogP contribution in [0.3, 0.4) is 0 Å². The van der Waals surface area contributed by atoms with Gasteiger partial charge in [0.2, 0.25) is 0 Å². The van der Waals surface area contributed by atoms with Crippen molar-refractivity contribution in [2.75, 3.05) is 13.1 Å². The van der Waals surface area contributed by atoms with Crippen LogP contribution in [0.5, 0.6) is 0 Å². The lowest BCUT2D eigenvalue weighted by atomic mass is 9.84. The topological polar surface area (TPSA) is 41.3 Å². The highest BCUT2D eigenvalue weighted by atomic mass is 35.5. The number of halogens is 1. The summed E-state index contributed by atoms with van der Waals surface area (Å²) < 4.78 is 0.860. The van der Waals surface area contributed by atoms with Crippen molar-refractivity contribution in [3.8, 4) is 0 Å². The number of thiophene rings is 1. The zero-order valence-corrected chi connectivity index (χ0v) is 14.1. The molecule has 1 saturated carbocycles. The van der Waals surface area contributed by atoms with Crippen LogP contribution in [0.1, 0.15) is 44.4 Å². The van der Waals surface area contributed by atoms with Gasteiger partial charge in [-0.05, 0) is 38.1 Å². The molecule has 0 amide bonds. The quantitative estimate of drug-likeness (QED) is 0.598. The summed E-state index contributed by atoms with van der Waals surface area (Å²) in [6.45, 7) is 6.66. The number of nitrogens with one attached hydrogen (secondary N) is 1. The van der Waals surface area contributed by atoms with Gasteiger partial charge in [-0.15, -0.1) is 11.3 Å². The molecule has 0 saturated heterocycles. The number of hydrogen-bond donors (Lipinski definition) is 2. The van der Waals surface area contributed by atoms with Crippen molar-refractivity contribution < 1.29 is 0 Å². The first kappa shape index (κ1) is 16.2. The minimum atomic E-state index is 0.203. The smallest absolute Gasteiger partial charge is 0.0931 e. The van der Waals surface area contributed by atoms with Crippen molar-refractivity contribution in [1.29, 1.82) is 0 Å². The highest BCUT2D eigenvalue weighted by Crippen LogP contribution is 2.39. The first-order valence-corrected chi connectivity index (χ1v) is 8.81. The van der Waals surface area contributed by atoms with Crippen molar-refractivity contribution >= 4 is 22.9 Å². The SMILES string of the molecule is CCN(CC)C1(C(Cc2ccc(Cl)s2)NN)CCCC1. The van der Waals surface area contributed by atoms with Crippen molar-refractivity contribution in [2.45, 2.75) is 57.5 Å². The van der Waals surface area contributed by atoms with Crippen molar-refractivity contribution in [3.63, 3.8) is 0 Å². The molecule has 1 fully saturated rings. The summed E-state index contributed by atoms with van der Waals surface area (Å²) in [6, 6.07) is 4.40. The molecule has 1 heterocycles. The second kappa shape index (κ2) is 7.23. The molecule has 0 aliphatic heterocycles. The van der Waals surface area contributed by atoms with Crippen LogP contribution >= 0.6 is 22.9 Å². The number of hydrogen-bond acceptors (Lipinski definition) is 4. The lowest BCUT2D eigenvalue weighted by molar-refractivity contribution is 0.0632. The van der Waals surface area contributed by atoms with E-state index in [2.05, 4.69) is 30.2 Å². The van der Waals surface area contributed by atoms with Crippen molar-refractivity contribution in [2.24, 2.45) is 5.84 Å². The van der Waals surface area contributed by atoms with Crippen LogP contribution in [-0.4, -0.2) is 29.6 Å². The molecular weight excluding hydrogens is 290 g/mol. The fourth-order valence-corrected chi connectivity index (χ4v) is 4.93. The number of rotatable bonds is 7. The van der Waals surface area contributed by atoms with E-state index in [1.54, 1.807) is 11.3 Å². The second-order valence-corrected chi connectivity index (χ2v) is 7.41. The van der Waals surface area contributed by atoms with Gasteiger partial charge in [0, 0.05) is 22.9 Å². The molecule has 5 heteroatoms. The highest BCUT2D eigenvalue weighted by Gasteiger charge is 2.44. The Hall–Kier alpha value is -0.130. The van der Waals surface area contributed by atoms with Crippen LogP contribution in [0, 0.1) is 0 Å². The Bertz CT molecular complexity index is 411. The second-order valence-electron chi connectivity index (χ2n) is 5.61. The van der Waals surface area contributed by atoms with Gasteiger partial charge in [0.1, 0.15) is 0 Å². The molecule has 0 bridgehead atoms. The Labute approximate surface area is 131 Å². The Morgan fingerprint density at radius 1 is 1.35 bits per heavy atom. The van der Waals surface area contributed by atoms with E-state index in [1.807, 2.05) is 6.07 Å². The lowest BCUT2D eigenvalue weighted by Crippen LogP contribution is -2.62. The predicted octanol–water partition coefficient (Wildman–Crippen LogP) is 3.43. The first-order valence-electron chi connectivity index (χ1n) is 7.61. The molecule has 0 spiro atoms. The number of likely N-dealkylation sites (N-methyl/N-ethyl adjacent to an activating group) is 1. The molecule has 1 aliphatic carbocycles. The maximum Gasteiger partial charge on any atom is 0.0931 e. The largest absolute Gasteiger partial charge is 0.297 e. The van der Waals surface area contributed by atoms with Crippen LogP contribution in [0.2, 0.25) is 4.34 Å². The van der Waals surface area contributed by atoms with Crippen LogP contribution in [0.25, 0.3) is 0 Å². The van der Waals surface area contributed by atoms with Gasteiger partial charge < -0.3 is 0 Å². The Balaban J connectivity index is 2.21. The van der Waals surface area contributed by atoms with Gasteiger partial charge in [0.25, 0.3) is 0 Å². The van der Waals surface area contributed by atoms with Crippen LogP contribution in [-0.2, 0) is 6.42 Å². The van der Waals surface area contributed by atoms with Crippen molar-refractivity contribution in [1.82, 2.24) is 10.3 Å². The summed E-state index contributed by atoms with van der Waals surface area (Å²) >= 11 is 7.72. The zero-order valence-electron chi connectivity index (χ0n) is 12.5. The van der Waals surface area contributed by atoms with Crippen LogP contribution in [0.4, 0.5) is 0 Å². The Morgan fingerprint density at radius 3 is 2.45 bits per heavy atom. The third kappa shape index (κ3) is 3.20. The van der Waals surface area contributed by atoms with Gasteiger partial charge in [0.15, 0.2) is 0 Å². The molecule has 1 unspecified atom stereocenters. The number of nitrogens with two attached hydrogens (primary N) is 1. The molecule has 1 aromatic heterocycles. The summed E-state index contributed by atoms with van der Waals surface area (Å²) in [5.74, 6) is 5.93. The molecular formula is C15H26ClN3S. The van der Waals surface area contributed by atoms with E-state index in [-0.39, 0.29) is 5.54 Å². The van der Waals surface area contributed by atoms with E-state index in [1.165, 1.54) is 30.6 Å². The molecule has 1 aliphatic rings. The van der Waals surface area contributed by atoms with Crippen LogP contribution in [0.15, 0.2) is 12.1 Å². The Kier molecular flexibility index (Phi) is 5.87. The van der Waals surface area contributed by atoms with Gasteiger partial charge in [-0.3, -0.25) is 16.2 Å². The minimum Gasteiger partial charge on any atom is -0.297 e. The number of nitrogens with zero attached hydrogens (tertiary/aromatic N) is 1. The first-order chi connectivity index (χ1) is 9.66. The lowest BCUT2D eigenvalue weighted by Gasteiger charge is -2.46. The molecule has 114 valence electrons. The van der Waals surface area contributed by atoms with Gasteiger partial charge in [0.05, 0.1) is 4.34 Å². The summed E-state index contributed by atoms with van der Waals surface area (Å²) in [4.78, 5) is 3.91. The summed E-state index contributed by atoms with van der Waals surface area (Å²) in [7, 11) is 0. The van der Waals surface area contributed by atoms with Gasteiger partial charge in [-0.2, -0.15) is 0 Å². The average molecular weight is 316 g/mol. The predicted molar refractivity (Wildman–Crippen MR) is 88.3 cm³/mol. The van der Waals surface area contributed by atoms with E-state index < -0.39 is 0 Å². The fourth-order valence-electron chi connectivity index (χ4n) is 3.79. The molecule has 1 atom stereocenters. The number of hydrazine groups is 1.